The number of nitrogens with one attached hydrogen (secondary N) is 1. The molecule has 0 aromatic heterocycles. The van der Waals surface area contributed by atoms with Crippen molar-refractivity contribution in [3.63, 3.8) is 0 Å². The van der Waals surface area contributed by atoms with Crippen LogP contribution >= 0.6 is 0 Å². The molecule has 1 saturated heterocycles. The fourth-order valence-corrected chi connectivity index (χ4v) is 5.37. The molecule has 2 aromatic carbocycles. The van der Waals surface area contributed by atoms with Gasteiger partial charge in [0.2, 0.25) is 15.9 Å². The number of benzene rings is 2. The van der Waals surface area contributed by atoms with Gasteiger partial charge in [-0.05, 0) is 31.4 Å². The summed E-state index contributed by atoms with van der Waals surface area (Å²) in [5.41, 5.74) is 1.60. The standard InChI is InChI=1S/C22H27N3O3S/c1-17(22(26)23-19-11-12-19)24-13-15-25(16-14-24)29(27,28)21-10-6-5-9-20(21)18-7-3-2-4-8-18/h2-10,17,19H,11-16H2,1H3,(H,23,26). The van der Waals surface area contributed by atoms with Crippen molar-refractivity contribution in [1.82, 2.24) is 14.5 Å². The Morgan fingerprint density at radius 2 is 1.59 bits per heavy atom. The van der Waals surface area contributed by atoms with Gasteiger partial charge in [0.1, 0.15) is 0 Å². The number of piperazine rings is 1. The van der Waals surface area contributed by atoms with Crippen molar-refractivity contribution in [2.24, 2.45) is 0 Å². The quantitative estimate of drug-likeness (QED) is 0.789. The Labute approximate surface area is 172 Å². The van der Waals surface area contributed by atoms with Crippen molar-refractivity contribution in [2.45, 2.75) is 36.7 Å². The molecule has 0 bridgehead atoms. The molecule has 2 fully saturated rings. The van der Waals surface area contributed by atoms with E-state index in [1.54, 1.807) is 12.1 Å². The van der Waals surface area contributed by atoms with E-state index < -0.39 is 10.0 Å². The van der Waals surface area contributed by atoms with Crippen LogP contribution in [-0.4, -0.2) is 61.8 Å². The Morgan fingerprint density at radius 3 is 2.24 bits per heavy atom. The minimum Gasteiger partial charge on any atom is -0.352 e. The second kappa shape index (κ2) is 8.26. The van der Waals surface area contributed by atoms with Crippen molar-refractivity contribution in [1.29, 1.82) is 0 Å². The fourth-order valence-electron chi connectivity index (χ4n) is 3.73. The van der Waals surface area contributed by atoms with Crippen LogP contribution in [0.5, 0.6) is 0 Å². The molecule has 1 saturated carbocycles. The summed E-state index contributed by atoms with van der Waals surface area (Å²) in [6, 6.07) is 16.8. The zero-order valence-corrected chi connectivity index (χ0v) is 17.4. The molecule has 154 valence electrons. The molecular formula is C22H27N3O3S. The molecule has 0 radical (unpaired) electrons. The van der Waals surface area contributed by atoms with Crippen molar-refractivity contribution < 1.29 is 13.2 Å². The van der Waals surface area contributed by atoms with Crippen LogP contribution in [-0.2, 0) is 14.8 Å². The van der Waals surface area contributed by atoms with Gasteiger partial charge in [0.05, 0.1) is 10.9 Å². The summed E-state index contributed by atoms with van der Waals surface area (Å²) in [5.74, 6) is 0.0400. The van der Waals surface area contributed by atoms with Crippen LogP contribution in [0.15, 0.2) is 59.5 Å². The Bertz CT molecular complexity index is 966. The number of amides is 1. The van der Waals surface area contributed by atoms with Crippen molar-refractivity contribution >= 4 is 15.9 Å². The summed E-state index contributed by atoms with van der Waals surface area (Å²) in [4.78, 5) is 14.7. The summed E-state index contributed by atoms with van der Waals surface area (Å²) in [5, 5.41) is 3.03. The van der Waals surface area contributed by atoms with Gasteiger partial charge < -0.3 is 5.32 Å². The third kappa shape index (κ3) is 4.37. The SMILES string of the molecule is CC(C(=O)NC1CC1)N1CCN(S(=O)(=O)c2ccccc2-c2ccccc2)CC1. The zero-order valence-electron chi connectivity index (χ0n) is 16.6. The summed E-state index contributed by atoms with van der Waals surface area (Å²) < 4.78 is 28.3. The fraction of sp³-hybridized carbons (Fsp3) is 0.409. The van der Waals surface area contributed by atoms with Crippen molar-refractivity contribution in [3.8, 4) is 11.1 Å². The van der Waals surface area contributed by atoms with E-state index in [2.05, 4.69) is 10.2 Å². The molecule has 1 aliphatic heterocycles. The maximum absolute atomic E-state index is 13.4. The number of hydrogen-bond acceptors (Lipinski definition) is 4. The van der Waals surface area contributed by atoms with E-state index in [0.717, 1.165) is 18.4 Å². The molecule has 4 rings (SSSR count). The highest BCUT2D eigenvalue weighted by Gasteiger charge is 2.34. The lowest BCUT2D eigenvalue weighted by atomic mass is 10.1. The summed E-state index contributed by atoms with van der Waals surface area (Å²) in [7, 11) is -3.61. The highest BCUT2D eigenvalue weighted by Crippen LogP contribution is 2.30. The molecule has 29 heavy (non-hydrogen) atoms. The molecular weight excluding hydrogens is 386 g/mol. The Morgan fingerprint density at radius 1 is 0.966 bits per heavy atom. The zero-order chi connectivity index (χ0) is 20.4. The number of sulfonamides is 1. The first-order valence-electron chi connectivity index (χ1n) is 10.2. The molecule has 2 aliphatic rings. The number of carbonyl (C=O) groups excluding carboxylic acids is 1. The van der Waals surface area contributed by atoms with E-state index in [1.807, 2.05) is 49.4 Å². The summed E-state index contributed by atoms with van der Waals surface area (Å²) in [6.07, 6.45) is 2.12. The lowest BCUT2D eigenvalue weighted by molar-refractivity contribution is -0.126. The second-order valence-corrected chi connectivity index (χ2v) is 9.67. The first-order chi connectivity index (χ1) is 14.0. The molecule has 0 spiro atoms. The van der Waals surface area contributed by atoms with Crippen LogP contribution in [0.3, 0.4) is 0 Å². The average Bonchev–Trinajstić information content (AvgIpc) is 3.58. The summed E-state index contributed by atoms with van der Waals surface area (Å²) >= 11 is 0. The first kappa shape index (κ1) is 20.1. The molecule has 7 heteroatoms. The number of nitrogens with zero attached hydrogens (tertiary/aromatic N) is 2. The van der Waals surface area contributed by atoms with Crippen molar-refractivity contribution in [3.05, 3.63) is 54.6 Å². The van der Waals surface area contributed by atoms with Gasteiger partial charge in [-0.15, -0.1) is 0 Å². The maximum atomic E-state index is 13.4. The predicted octanol–water partition coefficient (Wildman–Crippen LogP) is 2.33. The third-order valence-corrected chi connectivity index (χ3v) is 7.67. The van der Waals surface area contributed by atoms with Crippen molar-refractivity contribution in [2.75, 3.05) is 26.2 Å². The predicted molar refractivity (Wildman–Crippen MR) is 113 cm³/mol. The number of rotatable bonds is 6. The van der Waals surface area contributed by atoms with Gasteiger partial charge in [-0.1, -0.05) is 48.5 Å². The molecule has 1 unspecified atom stereocenters. The summed E-state index contributed by atoms with van der Waals surface area (Å²) in [6.45, 7) is 3.75. The Kier molecular flexibility index (Phi) is 5.72. The minimum atomic E-state index is -3.61. The Balaban J connectivity index is 1.48. The van der Waals surface area contributed by atoms with Crippen LogP contribution in [0.2, 0.25) is 0 Å². The Hall–Kier alpha value is -2.22. The first-order valence-corrected chi connectivity index (χ1v) is 11.6. The van der Waals surface area contributed by atoms with Gasteiger partial charge in [0.25, 0.3) is 0 Å². The van der Waals surface area contributed by atoms with Gasteiger partial charge in [-0.3, -0.25) is 9.69 Å². The van der Waals surface area contributed by atoms with E-state index in [-0.39, 0.29) is 11.9 Å². The van der Waals surface area contributed by atoms with Gasteiger partial charge in [-0.25, -0.2) is 8.42 Å². The lowest BCUT2D eigenvalue weighted by Crippen LogP contribution is -2.55. The molecule has 1 atom stereocenters. The third-order valence-electron chi connectivity index (χ3n) is 5.71. The monoisotopic (exact) mass is 413 g/mol. The molecule has 2 aromatic rings. The molecule has 6 nitrogen and oxygen atoms in total. The normalized spacial score (nSPS) is 19.6. The number of hydrogen-bond donors (Lipinski definition) is 1. The largest absolute Gasteiger partial charge is 0.352 e. The minimum absolute atomic E-state index is 0.0400. The molecule has 1 aliphatic carbocycles. The van der Waals surface area contributed by atoms with Gasteiger partial charge in [0, 0.05) is 37.8 Å². The number of carbonyl (C=O) groups is 1. The molecule has 1 amide bonds. The van der Waals surface area contributed by atoms with E-state index in [4.69, 9.17) is 0 Å². The molecule has 1 heterocycles. The van der Waals surface area contributed by atoms with E-state index in [1.165, 1.54) is 4.31 Å². The topological polar surface area (TPSA) is 69.7 Å². The maximum Gasteiger partial charge on any atom is 0.243 e. The van der Waals surface area contributed by atoms with E-state index in [0.29, 0.717) is 42.7 Å². The average molecular weight is 414 g/mol. The highest BCUT2D eigenvalue weighted by molar-refractivity contribution is 7.89. The van der Waals surface area contributed by atoms with Crippen LogP contribution in [0.1, 0.15) is 19.8 Å². The smallest absolute Gasteiger partial charge is 0.243 e. The van der Waals surface area contributed by atoms with E-state index >= 15 is 0 Å². The van der Waals surface area contributed by atoms with Crippen LogP contribution < -0.4 is 5.32 Å². The van der Waals surface area contributed by atoms with Crippen LogP contribution in [0, 0.1) is 0 Å². The van der Waals surface area contributed by atoms with Gasteiger partial charge >= 0.3 is 0 Å². The van der Waals surface area contributed by atoms with Gasteiger partial charge in [0.15, 0.2) is 0 Å². The van der Waals surface area contributed by atoms with Crippen LogP contribution in [0.25, 0.3) is 11.1 Å². The van der Waals surface area contributed by atoms with E-state index in [9.17, 15) is 13.2 Å². The highest BCUT2D eigenvalue weighted by atomic mass is 32.2. The van der Waals surface area contributed by atoms with Crippen LogP contribution in [0.4, 0.5) is 0 Å². The lowest BCUT2D eigenvalue weighted by Gasteiger charge is -2.37. The second-order valence-electron chi connectivity index (χ2n) is 7.76. The van der Waals surface area contributed by atoms with Gasteiger partial charge in [-0.2, -0.15) is 4.31 Å². The molecule has 1 N–H and O–H groups in total.